The Hall–Kier alpha value is -0.820. The van der Waals surface area contributed by atoms with Gasteiger partial charge in [0.05, 0.1) is 0 Å². The van der Waals surface area contributed by atoms with Crippen LogP contribution in [0.4, 0.5) is 0 Å². The average molecular weight is 259 g/mol. The monoisotopic (exact) mass is 259 g/mol. The highest BCUT2D eigenvalue weighted by atomic mass is 14.9. The van der Waals surface area contributed by atoms with Crippen molar-refractivity contribution < 1.29 is 0 Å². The van der Waals surface area contributed by atoms with E-state index in [9.17, 15) is 0 Å². The molecule has 0 aliphatic heterocycles. The van der Waals surface area contributed by atoms with Crippen LogP contribution in [-0.4, -0.2) is 6.54 Å². The van der Waals surface area contributed by atoms with Gasteiger partial charge in [0.1, 0.15) is 0 Å². The summed E-state index contributed by atoms with van der Waals surface area (Å²) in [5.74, 6) is 1.92. The van der Waals surface area contributed by atoms with Gasteiger partial charge in [-0.15, -0.1) is 0 Å². The maximum atomic E-state index is 3.75. The molecule has 1 N–H and O–H groups in total. The molecular formula is C18H29N. The van der Waals surface area contributed by atoms with Gasteiger partial charge in [-0.3, -0.25) is 0 Å². The van der Waals surface area contributed by atoms with Crippen molar-refractivity contribution in [3.63, 3.8) is 0 Å². The number of benzene rings is 1. The lowest BCUT2D eigenvalue weighted by Gasteiger charge is -2.27. The van der Waals surface area contributed by atoms with Gasteiger partial charge in [-0.05, 0) is 43.2 Å². The molecule has 3 atom stereocenters. The molecule has 0 spiro atoms. The summed E-state index contributed by atoms with van der Waals surface area (Å²) in [4.78, 5) is 0. The summed E-state index contributed by atoms with van der Waals surface area (Å²) in [5.41, 5.74) is 1.43. The Bertz CT molecular complexity index is 346. The van der Waals surface area contributed by atoms with E-state index in [4.69, 9.17) is 0 Å². The molecule has 2 rings (SSSR count). The summed E-state index contributed by atoms with van der Waals surface area (Å²) >= 11 is 0. The topological polar surface area (TPSA) is 12.0 Å². The molecule has 1 aromatic rings. The van der Waals surface area contributed by atoms with Crippen molar-refractivity contribution in [3.8, 4) is 0 Å². The quantitative estimate of drug-likeness (QED) is 0.762. The number of hydrogen-bond acceptors (Lipinski definition) is 1. The molecule has 1 saturated carbocycles. The molecule has 1 fully saturated rings. The Kier molecular flexibility index (Phi) is 5.91. The summed E-state index contributed by atoms with van der Waals surface area (Å²) in [6.45, 7) is 5.86. The molecule has 0 saturated heterocycles. The Morgan fingerprint density at radius 2 is 2.00 bits per heavy atom. The van der Waals surface area contributed by atoms with Crippen LogP contribution < -0.4 is 5.32 Å². The smallest absolute Gasteiger partial charge is 0.0317 e. The zero-order valence-electron chi connectivity index (χ0n) is 12.6. The molecule has 0 aromatic heterocycles. The minimum Gasteiger partial charge on any atom is -0.310 e. The first-order valence-corrected chi connectivity index (χ1v) is 8.08. The van der Waals surface area contributed by atoms with Gasteiger partial charge in [0.15, 0.2) is 0 Å². The lowest BCUT2D eigenvalue weighted by molar-refractivity contribution is 0.264. The van der Waals surface area contributed by atoms with E-state index in [1.165, 1.54) is 50.6 Å². The van der Waals surface area contributed by atoms with E-state index >= 15 is 0 Å². The number of rotatable bonds is 6. The van der Waals surface area contributed by atoms with Crippen LogP contribution in [0.5, 0.6) is 0 Å². The van der Waals surface area contributed by atoms with Crippen LogP contribution in [0.15, 0.2) is 30.3 Å². The van der Waals surface area contributed by atoms with Gasteiger partial charge in [-0.2, -0.15) is 0 Å². The van der Waals surface area contributed by atoms with E-state index in [1.54, 1.807) is 0 Å². The second kappa shape index (κ2) is 7.69. The molecule has 0 radical (unpaired) electrons. The fourth-order valence-corrected chi connectivity index (χ4v) is 3.47. The van der Waals surface area contributed by atoms with Gasteiger partial charge >= 0.3 is 0 Å². The summed E-state index contributed by atoms with van der Waals surface area (Å²) in [7, 11) is 0. The minimum absolute atomic E-state index is 0.530. The first-order valence-electron chi connectivity index (χ1n) is 8.08. The third kappa shape index (κ3) is 4.65. The van der Waals surface area contributed by atoms with E-state index in [2.05, 4.69) is 49.5 Å². The first-order chi connectivity index (χ1) is 9.29. The largest absolute Gasteiger partial charge is 0.310 e. The van der Waals surface area contributed by atoms with Crippen LogP contribution in [0, 0.1) is 11.8 Å². The second-order valence-corrected chi connectivity index (χ2v) is 6.25. The molecule has 19 heavy (non-hydrogen) atoms. The Balaban J connectivity index is 1.74. The van der Waals surface area contributed by atoms with Crippen LogP contribution in [0.25, 0.3) is 0 Å². The summed E-state index contributed by atoms with van der Waals surface area (Å²) < 4.78 is 0. The summed E-state index contributed by atoms with van der Waals surface area (Å²) in [6, 6.07) is 11.4. The van der Waals surface area contributed by atoms with Gasteiger partial charge in [0, 0.05) is 6.04 Å². The van der Waals surface area contributed by atoms with E-state index in [1.807, 2.05) is 0 Å². The van der Waals surface area contributed by atoms with Gasteiger partial charge in [-0.25, -0.2) is 0 Å². The molecular weight excluding hydrogens is 230 g/mol. The Morgan fingerprint density at radius 1 is 1.21 bits per heavy atom. The summed E-state index contributed by atoms with van der Waals surface area (Å²) in [6.07, 6.45) is 8.32. The van der Waals surface area contributed by atoms with E-state index in [0.717, 1.165) is 11.8 Å². The predicted octanol–water partition coefficient (Wildman–Crippen LogP) is 4.94. The molecule has 1 nitrogen and oxygen atoms in total. The first kappa shape index (κ1) is 14.6. The number of hydrogen-bond donors (Lipinski definition) is 1. The Labute approximate surface area is 118 Å². The highest BCUT2D eigenvalue weighted by molar-refractivity contribution is 5.18. The maximum Gasteiger partial charge on any atom is 0.0317 e. The fraction of sp³-hybridized carbons (Fsp3) is 0.667. The zero-order chi connectivity index (χ0) is 13.5. The van der Waals surface area contributed by atoms with Gasteiger partial charge < -0.3 is 5.32 Å². The number of nitrogens with one attached hydrogen (secondary N) is 1. The van der Waals surface area contributed by atoms with Crippen LogP contribution in [-0.2, 0) is 0 Å². The maximum absolute atomic E-state index is 3.75. The van der Waals surface area contributed by atoms with Crippen LogP contribution in [0.1, 0.15) is 64.0 Å². The molecule has 1 aromatic carbocycles. The zero-order valence-corrected chi connectivity index (χ0v) is 12.6. The lowest BCUT2D eigenvalue weighted by atomic mass is 9.81. The predicted molar refractivity (Wildman–Crippen MR) is 83.2 cm³/mol. The van der Waals surface area contributed by atoms with Gasteiger partial charge in [-0.1, -0.05) is 63.4 Å². The van der Waals surface area contributed by atoms with Crippen molar-refractivity contribution in [2.45, 2.75) is 58.4 Å². The third-order valence-electron chi connectivity index (χ3n) is 4.60. The fourth-order valence-electron chi connectivity index (χ4n) is 3.47. The lowest BCUT2D eigenvalue weighted by Crippen LogP contribution is -2.25. The van der Waals surface area contributed by atoms with Gasteiger partial charge in [0.25, 0.3) is 0 Å². The van der Waals surface area contributed by atoms with Crippen molar-refractivity contribution in [1.29, 1.82) is 0 Å². The van der Waals surface area contributed by atoms with Crippen LogP contribution in [0.2, 0.25) is 0 Å². The molecule has 0 bridgehead atoms. The van der Waals surface area contributed by atoms with Crippen molar-refractivity contribution in [3.05, 3.63) is 35.9 Å². The van der Waals surface area contributed by atoms with E-state index in [0.29, 0.717) is 6.04 Å². The van der Waals surface area contributed by atoms with Crippen molar-refractivity contribution in [2.75, 3.05) is 6.54 Å². The third-order valence-corrected chi connectivity index (χ3v) is 4.60. The minimum atomic E-state index is 0.530. The highest BCUT2D eigenvalue weighted by Gasteiger charge is 2.18. The van der Waals surface area contributed by atoms with Crippen molar-refractivity contribution >= 4 is 0 Å². The highest BCUT2D eigenvalue weighted by Crippen LogP contribution is 2.30. The SMILES string of the molecule is CCC(NCCC1CCCC(C)C1)c1ccccc1. The second-order valence-electron chi connectivity index (χ2n) is 6.25. The van der Waals surface area contributed by atoms with Crippen molar-refractivity contribution in [1.82, 2.24) is 5.32 Å². The molecule has 106 valence electrons. The average Bonchev–Trinajstić information content (AvgIpc) is 2.45. The summed E-state index contributed by atoms with van der Waals surface area (Å²) in [5, 5.41) is 3.75. The molecule has 0 heterocycles. The molecule has 1 heteroatoms. The normalized spacial score (nSPS) is 25.2. The van der Waals surface area contributed by atoms with Crippen molar-refractivity contribution in [2.24, 2.45) is 11.8 Å². The van der Waals surface area contributed by atoms with E-state index in [-0.39, 0.29) is 0 Å². The van der Waals surface area contributed by atoms with Crippen LogP contribution in [0.3, 0.4) is 0 Å². The van der Waals surface area contributed by atoms with E-state index < -0.39 is 0 Å². The molecule has 1 aliphatic rings. The van der Waals surface area contributed by atoms with Crippen LogP contribution >= 0.6 is 0 Å². The standard InChI is InChI=1S/C18H29N/c1-3-18(17-10-5-4-6-11-17)19-13-12-16-9-7-8-15(2)14-16/h4-6,10-11,15-16,18-19H,3,7-9,12-14H2,1-2H3. The Morgan fingerprint density at radius 3 is 2.68 bits per heavy atom. The molecule has 1 aliphatic carbocycles. The van der Waals surface area contributed by atoms with Gasteiger partial charge in [0.2, 0.25) is 0 Å². The molecule has 0 amide bonds. The molecule has 3 unspecified atom stereocenters.